The van der Waals surface area contributed by atoms with E-state index >= 15 is 0 Å². The van der Waals surface area contributed by atoms with E-state index < -0.39 is 29.6 Å². The number of hydrogen-bond acceptors (Lipinski definition) is 6. The fourth-order valence-electron chi connectivity index (χ4n) is 3.58. The third kappa shape index (κ3) is 5.19. The van der Waals surface area contributed by atoms with E-state index in [1.54, 1.807) is 13.0 Å². The molecule has 0 radical (unpaired) electrons. The van der Waals surface area contributed by atoms with Gasteiger partial charge in [0.1, 0.15) is 17.7 Å². The predicted octanol–water partition coefficient (Wildman–Crippen LogP) is 4.92. The van der Waals surface area contributed by atoms with Crippen molar-refractivity contribution in [2.24, 2.45) is 5.73 Å². The summed E-state index contributed by atoms with van der Waals surface area (Å²) in [5.41, 5.74) is 6.70. The minimum Gasteiger partial charge on any atom is -0.382 e. The number of alkyl halides is 3. The molecule has 0 aliphatic rings. The number of nitrogens with one attached hydrogen (secondary N) is 4. The molecule has 0 spiro atoms. The molecule has 180 valence electrons. The lowest BCUT2D eigenvalue weighted by molar-refractivity contribution is -0.144. The number of nitriles is 1. The average Bonchev–Trinajstić information content (AvgIpc) is 3.21. The van der Waals surface area contributed by atoms with Crippen LogP contribution in [0.2, 0.25) is 0 Å². The first-order valence-electron chi connectivity index (χ1n) is 10.2. The molecule has 8 nitrogen and oxygen atoms in total. The summed E-state index contributed by atoms with van der Waals surface area (Å²) in [5.74, 6) is -2.90. The first kappa shape index (κ1) is 25.1. The number of aromatic nitrogens is 3. The Morgan fingerprint density at radius 1 is 1.29 bits per heavy atom. The highest BCUT2D eigenvalue weighted by atomic mass is 19.4. The number of hydrogen-bond donors (Lipinski definition) is 5. The SMILES string of the molecule is CCC(/C(C=N)=C/Nc1ccccc1F)c1[nH]c(C(=N)N)c(-c2cnc(C(F)(F)F)nc2)c1C#N. The van der Waals surface area contributed by atoms with Crippen molar-refractivity contribution in [1.82, 2.24) is 15.0 Å². The third-order valence-electron chi connectivity index (χ3n) is 5.20. The lowest BCUT2D eigenvalue weighted by Crippen LogP contribution is -2.14. The van der Waals surface area contributed by atoms with Gasteiger partial charge in [-0.25, -0.2) is 14.4 Å². The van der Waals surface area contributed by atoms with Gasteiger partial charge in [-0.1, -0.05) is 19.1 Å². The smallest absolute Gasteiger partial charge is 0.382 e. The van der Waals surface area contributed by atoms with Gasteiger partial charge in [-0.3, -0.25) is 5.41 Å². The zero-order chi connectivity index (χ0) is 25.8. The molecule has 0 saturated heterocycles. The summed E-state index contributed by atoms with van der Waals surface area (Å²) < 4.78 is 52.6. The number of nitrogen functional groups attached to an aromatic ring is 1. The molecule has 1 atom stereocenters. The maximum atomic E-state index is 14.0. The molecule has 1 aromatic carbocycles. The molecule has 2 heterocycles. The summed E-state index contributed by atoms with van der Waals surface area (Å²) in [5, 5.41) is 28.5. The monoisotopic (exact) mass is 484 g/mol. The fourth-order valence-corrected chi connectivity index (χ4v) is 3.58. The zero-order valence-corrected chi connectivity index (χ0v) is 18.3. The number of allylic oxidation sites excluding steroid dienone is 1. The summed E-state index contributed by atoms with van der Waals surface area (Å²) in [6, 6.07) is 7.97. The van der Waals surface area contributed by atoms with Crippen LogP contribution in [0.1, 0.15) is 42.0 Å². The molecule has 35 heavy (non-hydrogen) atoms. The lowest BCUT2D eigenvalue weighted by atomic mass is 9.90. The number of nitrogens with zero attached hydrogens (tertiary/aromatic N) is 3. The van der Waals surface area contributed by atoms with E-state index in [1.807, 2.05) is 6.07 Å². The normalized spacial score (nSPS) is 12.6. The molecule has 6 N–H and O–H groups in total. The van der Waals surface area contributed by atoms with E-state index in [0.717, 1.165) is 18.6 Å². The van der Waals surface area contributed by atoms with E-state index in [4.69, 9.17) is 16.6 Å². The van der Waals surface area contributed by atoms with E-state index in [9.17, 15) is 22.8 Å². The average molecular weight is 484 g/mol. The van der Waals surface area contributed by atoms with Gasteiger partial charge in [-0.05, 0) is 24.1 Å². The Morgan fingerprint density at radius 2 is 1.94 bits per heavy atom. The van der Waals surface area contributed by atoms with Crippen LogP contribution >= 0.6 is 0 Å². The number of rotatable bonds is 8. The van der Waals surface area contributed by atoms with Crippen LogP contribution in [0.4, 0.5) is 23.2 Å². The Balaban J connectivity index is 2.12. The van der Waals surface area contributed by atoms with Gasteiger partial charge in [0.15, 0.2) is 0 Å². The highest BCUT2D eigenvalue weighted by Crippen LogP contribution is 2.37. The van der Waals surface area contributed by atoms with Crippen LogP contribution in [0.15, 0.2) is 48.4 Å². The number of para-hydroxylation sites is 1. The van der Waals surface area contributed by atoms with Crippen molar-refractivity contribution >= 4 is 17.7 Å². The van der Waals surface area contributed by atoms with E-state index in [-0.39, 0.29) is 28.1 Å². The molecule has 0 bridgehead atoms. The highest BCUT2D eigenvalue weighted by molar-refractivity contribution is 6.02. The minimum absolute atomic E-state index is 0.00440. The van der Waals surface area contributed by atoms with Crippen molar-refractivity contribution in [2.75, 3.05) is 5.32 Å². The quantitative estimate of drug-likeness (QED) is 0.175. The van der Waals surface area contributed by atoms with Crippen molar-refractivity contribution in [1.29, 1.82) is 16.1 Å². The van der Waals surface area contributed by atoms with Crippen molar-refractivity contribution in [3.8, 4) is 17.2 Å². The summed E-state index contributed by atoms with van der Waals surface area (Å²) in [4.78, 5) is 9.59. The molecule has 12 heteroatoms. The van der Waals surface area contributed by atoms with Crippen molar-refractivity contribution in [3.63, 3.8) is 0 Å². The van der Waals surface area contributed by atoms with E-state index in [2.05, 4.69) is 20.3 Å². The first-order valence-corrected chi connectivity index (χ1v) is 10.2. The van der Waals surface area contributed by atoms with Crippen LogP contribution in [-0.2, 0) is 6.18 Å². The Bertz CT molecular complexity index is 1320. The van der Waals surface area contributed by atoms with Gasteiger partial charge in [0.25, 0.3) is 0 Å². The molecule has 0 aliphatic heterocycles. The number of benzene rings is 1. The molecule has 1 unspecified atom stereocenters. The lowest BCUT2D eigenvalue weighted by Gasteiger charge is -2.16. The van der Waals surface area contributed by atoms with Crippen LogP contribution in [0.25, 0.3) is 11.1 Å². The number of anilines is 1. The van der Waals surface area contributed by atoms with Gasteiger partial charge in [0.2, 0.25) is 5.82 Å². The summed E-state index contributed by atoms with van der Waals surface area (Å²) >= 11 is 0. The second kappa shape index (κ2) is 10.2. The molecule has 0 saturated carbocycles. The number of amidine groups is 1. The second-order valence-corrected chi connectivity index (χ2v) is 7.36. The van der Waals surface area contributed by atoms with E-state index in [0.29, 0.717) is 17.7 Å². The van der Waals surface area contributed by atoms with Gasteiger partial charge >= 0.3 is 6.18 Å². The van der Waals surface area contributed by atoms with Crippen LogP contribution in [-0.4, -0.2) is 27.0 Å². The maximum Gasteiger partial charge on any atom is 0.451 e. The highest BCUT2D eigenvalue weighted by Gasteiger charge is 2.35. The van der Waals surface area contributed by atoms with Gasteiger partial charge in [0, 0.05) is 47.5 Å². The summed E-state index contributed by atoms with van der Waals surface area (Å²) in [7, 11) is 0. The molecule has 3 rings (SSSR count). The van der Waals surface area contributed by atoms with Gasteiger partial charge in [-0.15, -0.1) is 0 Å². The molecule has 2 aromatic heterocycles. The number of aromatic amines is 1. The number of H-pyrrole nitrogens is 1. The van der Waals surface area contributed by atoms with Crippen LogP contribution in [0.5, 0.6) is 0 Å². The molecule has 0 aliphatic carbocycles. The van der Waals surface area contributed by atoms with Crippen molar-refractivity contribution in [2.45, 2.75) is 25.4 Å². The zero-order valence-electron chi connectivity index (χ0n) is 18.3. The van der Waals surface area contributed by atoms with Gasteiger partial charge in [0.05, 0.1) is 16.9 Å². The van der Waals surface area contributed by atoms with E-state index in [1.165, 1.54) is 24.4 Å². The molecular weight excluding hydrogens is 464 g/mol. The maximum absolute atomic E-state index is 14.0. The Labute approximate surface area is 197 Å². The predicted molar refractivity (Wildman–Crippen MR) is 122 cm³/mol. The largest absolute Gasteiger partial charge is 0.451 e. The Kier molecular flexibility index (Phi) is 7.29. The van der Waals surface area contributed by atoms with Crippen molar-refractivity contribution < 1.29 is 17.6 Å². The second-order valence-electron chi connectivity index (χ2n) is 7.36. The van der Waals surface area contributed by atoms with Crippen LogP contribution < -0.4 is 11.1 Å². The summed E-state index contributed by atoms with van der Waals surface area (Å²) in [6.45, 7) is 1.79. The summed E-state index contributed by atoms with van der Waals surface area (Å²) in [6.07, 6.45) is -0.0797. The standard InChI is InChI=1S/C23H20F4N8/c1-2-14(12(7-28)9-32-17-6-4-3-5-16(17)24)19-15(8-29)18(20(35-19)21(30)31)13-10-33-22(34-11-13)23(25,26)27/h3-7,9-11,14,28,32,35H,2H2,1H3,(H3,30,31)/b12-9+,28-7?. The number of nitrogens with two attached hydrogens (primary N) is 1. The molecule has 0 amide bonds. The fraction of sp³-hybridized carbons (Fsp3) is 0.174. The van der Waals surface area contributed by atoms with Crippen molar-refractivity contribution in [3.05, 3.63) is 77.0 Å². The van der Waals surface area contributed by atoms with Gasteiger partial charge < -0.3 is 21.4 Å². The molecular formula is C23H20F4N8. The Hall–Kier alpha value is -4.53. The van der Waals surface area contributed by atoms with Crippen LogP contribution in [0, 0.1) is 28.0 Å². The topological polar surface area (TPSA) is 151 Å². The first-order chi connectivity index (χ1) is 16.6. The molecule has 3 aromatic rings. The van der Waals surface area contributed by atoms with Gasteiger partial charge in [-0.2, -0.15) is 18.4 Å². The minimum atomic E-state index is -4.74. The molecule has 0 fully saturated rings. The van der Waals surface area contributed by atoms with Crippen LogP contribution in [0.3, 0.4) is 0 Å². The third-order valence-corrected chi connectivity index (χ3v) is 5.20. The Morgan fingerprint density at radius 3 is 2.46 bits per heavy atom. The number of halogens is 4.